The van der Waals surface area contributed by atoms with Gasteiger partial charge in [-0.2, -0.15) is 0 Å². The van der Waals surface area contributed by atoms with E-state index in [1.165, 1.54) is 11.1 Å². The van der Waals surface area contributed by atoms with Crippen LogP contribution in [0.1, 0.15) is 73.4 Å². The van der Waals surface area contributed by atoms with Crippen LogP contribution in [0.25, 0.3) is 0 Å². The van der Waals surface area contributed by atoms with E-state index in [0.29, 0.717) is 18.1 Å². The minimum atomic E-state index is -2.90. The SMILES string of the molecule is C=S1(=O)NC(=O)c2ccc3c(c2)N(C[C@@H]2CC[C@H]2[C@@H](O)/C=C/[C@H]2CCC[C@H]1[C@H]2C)C[C@@]1(CCCc2cc(Cl)ccc21)CO3. The van der Waals surface area contributed by atoms with Crippen LogP contribution in [0.2, 0.25) is 5.02 Å². The number of allylic oxidation sites excluding steroid dienone is 1. The Labute approximate surface area is 261 Å². The summed E-state index contributed by atoms with van der Waals surface area (Å²) in [7, 11) is -2.90. The van der Waals surface area contributed by atoms with E-state index in [9.17, 15) is 14.1 Å². The Balaban J connectivity index is 1.30. The maximum Gasteiger partial charge on any atom is 0.262 e. The minimum Gasteiger partial charge on any atom is -0.490 e. The third-order valence-electron chi connectivity index (χ3n) is 11.3. The molecule has 6 nitrogen and oxygen atoms in total. The molecule has 4 bridgehead atoms. The van der Waals surface area contributed by atoms with Crippen LogP contribution in [-0.4, -0.2) is 52.1 Å². The van der Waals surface area contributed by atoms with Gasteiger partial charge in [0.15, 0.2) is 0 Å². The van der Waals surface area contributed by atoms with Crippen molar-refractivity contribution in [3.8, 4) is 5.75 Å². The highest BCUT2D eigenvalue weighted by Crippen LogP contribution is 2.47. The van der Waals surface area contributed by atoms with Gasteiger partial charge in [-0.25, -0.2) is 4.21 Å². The summed E-state index contributed by atoms with van der Waals surface area (Å²) in [4.78, 5) is 16.1. The van der Waals surface area contributed by atoms with Crippen molar-refractivity contribution in [1.29, 1.82) is 0 Å². The van der Waals surface area contributed by atoms with Crippen molar-refractivity contribution >= 4 is 38.8 Å². The lowest BCUT2D eigenvalue weighted by molar-refractivity contribution is 0.0452. The quantitative estimate of drug-likeness (QED) is 0.281. The van der Waals surface area contributed by atoms with Crippen LogP contribution in [0.15, 0.2) is 48.6 Å². The fraction of sp³-hybridized carbons (Fsp3) is 0.543. The molecule has 2 fully saturated rings. The Morgan fingerprint density at radius 1 is 1.12 bits per heavy atom. The number of benzene rings is 2. The predicted octanol–water partition coefficient (Wildman–Crippen LogP) is 5.94. The molecule has 5 aliphatic rings. The standard InChI is InChI=1S/C35H43ClN2O4S/c1-22-23-5-3-7-33(22)43(2,41)37-34(40)25-10-15-32-30(18-25)38(19-26-8-12-28(26)31(39)14-9-23)20-35(21-42-32)16-4-6-24-17-27(36)11-13-29(24)35/h9-11,13-15,17-18,22-23,26,28,31,33,39H,2-8,12,16,19-21H2,1H3,(H,37,40,41)/b14-9+/t22-,23+,26-,28+,31-,33-,35-,43?/m0/s1. The number of ether oxygens (including phenoxy) is 1. The van der Waals surface area contributed by atoms with Crippen molar-refractivity contribution < 1.29 is 18.8 Å². The number of carbonyl (C=O) groups excluding carboxylic acids is 1. The fourth-order valence-corrected chi connectivity index (χ4v) is 10.9. The lowest BCUT2D eigenvalue weighted by Gasteiger charge is -2.45. The molecule has 1 spiro atoms. The molecule has 2 N–H and O–H groups in total. The summed E-state index contributed by atoms with van der Waals surface area (Å²) in [5, 5.41) is 11.9. The van der Waals surface area contributed by atoms with Crippen LogP contribution in [0.5, 0.6) is 5.75 Å². The molecule has 8 atom stereocenters. The average Bonchev–Trinajstić information content (AvgIpc) is 3.11. The zero-order chi connectivity index (χ0) is 29.9. The summed E-state index contributed by atoms with van der Waals surface area (Å²) < 4.78 is 23.4. The van der Waals surface area contributed by atoms with Gasteiger partial charge in [-0.3, -0.25) is 9.52 Å². The third-order valence-corrected chi connectivity index (χ3v) is 13.7. The maximum atomic E-state index is 14.0. The van der Waals surface area contributed by atoms with E-state index >= 15 is 0 Å². The molecule has 2 aromatic rings. The van der Waals surface area contributed by atoms with Gasteiger partial charge in [-0.1, -0.05) is 43.2 Å². The van der Waals surface area contributed by atoms with Crippen molar-refractivity contribution in [1.82, 2.24) is 4.72 Å². The van der Waals surface area contributed by atoms with Crippen molar-refractivity contribution in [2.45, 2.75) is 75.1 Å². The maximum absolute atomic E-state index is 14.0. The number of hydrogen-bond acceptors (Lipinski definition) is 5. The van der Waals surface area contributed by atoms with Crippen molar-refractivity contribution in [3.63, 3.8) is 0 Å². The summed E-state index contributed by atoms with van der Waals surface area (Å²) in [6.45, 7) is 4.18. The largest absolute Gasteiger partial charge is 0.490 e. The van der Waals surface area contributed by atoms with Crippen molar-refractivity contribution in [3.05, 3.63) is 70.3 Å². The monoisotopic (exact) mass is 622 g/mol. The zero-order valence-electron chi connectivity index (χ0n) is 25.0. The molecule has 3 aliphatic carbocycles. The second-order valence-corrected chi connectivity index (χ2v) is 16.5. The number of carbonyl (C=O) groups is 1. The Morgan fingerprint density at radius 2 is 1.98 bits per heavy atom. The van der Waals surface area contributed by atoms with Crippen LogP contribution in [0.3, 0.4) is 0 Å². The van der Waals surface area contributed by atoms with Crippen LogP contribution < -0.4 is 14.4 Å². The van der Waals surface area contributed by atoms with Crippen LogP contribution >= 0.6 is 11.6 Å². The van der Waals surface area contributed by atoms with Gasteiger partial charge in [0.25, 0.3) is 5.91 Å². The van der Waals surface area contributed by atoms with Crippen LogP contribution in [-0.2, 0) is 21.5 Å². The molecule has 2 heterocycles. The van der Waals surface area contributed by atoms with E-state index in [4.69, 9.17) is 16.3 Å². The van der Waals surface area contributed by atoms with Gasteiger partial charge in [-0.15, -0.1) is 0 Å². The van der Waals surface area contributed by atoms with E-state index in [1.54, 1.807) is 6.07 Å². The lowest BCUT2D eigenvalue weighted by Crippen LogP contribution is -2.49. The van der Waals surface area contributed by atoms with E-state index in [0.717, 1.165) is 80.9 Å². The van der Waals surface area contributed by atoms with Gasteiger partial charge < -0.3 is 14.7 Å². The number of amides is 1. The Hall–Kier alpha value is -2.48. The van der Waals surface area contributed by atoms with E-state index < -0.39 is 15.8 Å². The van der Waals surface area contributed by atoms with Gasteiger partial charge in [0.1, 0.15) is 5.75 Å². The number of anilines is 1. The topological polar surface area (TPSA) is 78.9 Å². The van der Waals surface area contributed by atoms with Gasteiger partial charge in [0.05, 0.1) is 28.1 Å². The molecule has 2 saturated carbocycles. The highest BCUT2D eigenvalue weighted by Gasteiger charge is 2.44. The molecule has 8 heteroatoms. The first-order chi connectivity index (χ1) is 20.6. The number of halogens is 1. The highest BCUT2D eigenvalue weighted by atomic mass is 35.5. The molecule has 0 saturated heterocycles. The molecule has 2 aliphatic heterocycles. The second-order valence-electron chi connectivity index (χ2n) is 13.8. The van der Waals surface area contributed by atoms with E-state index in [1.807, 2.05) is 24.3 Å². The molecular weight excluding hydrogens is 580 g/mol. The Bertz CT molecular complexity index is 1560. The zero-order valence-corrected chi connectivity index (χ0v) is 26.5. The molecule has 1 unspecified atom stereocenters. The molecule has 0 aromatic heterocycles. The highest BCUT2D eigenvalue weighted by molar-refractivity contribution is 7.99. The molecule has 1 amide bonds. The van der Waals surface area contributed by atoms with E-state index in [2.05, 4.69) is 40.6 Å². The molecule has 43 heavy (non-hydrogen) atoms. The first kappa shape index (κ1) is 29.2. The number of nitrogens with zero attached hydrogens (tertiary/aromatic N) is 1. The van der Waals surface area contributed by atoms with Crippen molar-refractivity contribution in [2.75, 3.05) is 24.6 Å². The van der Waals surface area contributed by atoms with Gasteiger partial charge in [0.2, 0.25) is 0 Å². The Morgan fingerprint density at radius 3 is 2.79 bits per heavy atom. The average molecular weight is 623 g/mol. The molecule has 2 aromatic carbocycles. The van der Waals surface area contributed by atoms with Gasteiger partial charge in [-0.05, 0) is 116 Å². The molecule has 7 rings (SSSR count). The smallest absolute Gasteiger partial charge is 0.262 e. The van der Waals surface area contributed by atoms with Crippen LogP contribution in [0, 0.1) is 23.7 Å². The summed E-state index contributed by atoms with van der Waals surface area (Å²) in [5.41, 5.74) is 3.72. The molecular formula is C35H43ClN2O4S. The van der Waals surface area contributed by atoms with Crippen molar-refractivity contribution in [2.24, 2.45) is 23.7 Å². The number of hydrogen-bond donors (Lipinski definition) is 2. The molecule has 230 valence electrons. The number of aryl methyl sites for hydroxylation is 1. The number of aliphatic hydroxyl groups excluding tert-OH is 1. The van der Waals surface area contributed by atoms with Gasteiger partial charge in [0, 0.05) is 34.3 Å². The summed E-state index contributed by atoms with van der Waals surface area (Å²) in [6.07, 6.45) is 11.4. The van der Waals surface area contributed by atoms with E-state index in [-0.39, 0.29) is 34.3 Å². The number of nitrogens with one attached hydrogen (secondary N) is 1. The minimum absolute atomic E-state index is 0.0907. The molecule has 0 radical (unpaired) electrons. The van der Waals surface area contributed by atoms with Gasteiger partial charge >= 0.3 is 0 Å². The number of fused-ring (bicyclic) bond motifs is 6. The fourth-order valence-electron chi connectivity index (χ4n) is 8.67. The normalized spacial score (nSPS) is 38.0. The third kappa shape index (κ3) is 5.29. The first-order valence-corrected chi connectivity index (χ1v) is 18.2. The predicted molar refractivity (Wildman–Crippen MR) is 175 cm³/mol. The lowest BCUT2D eigenvalue weighted by atomic mass is 9.68. The second kappa shape index (κ2) is 11.1. The summed E-state index contributed by atoms with van der Waals surface area (Å²) >= 11 is 6.42. The Kier molecular flexibility index (Phi) is 7.58. The summed E-state index contributed by atoms with van der Waals surface area (Å²) in [6, 6.07) is 11.8. The summed E-state index contributed by atoms with van der Waals surface area (Å²) in [5.74, 6) is 5.29. The first-order valence-electron chi connectivity index (χ1n) is 16.0. The number of aliphatic hydroxyl groups is 1. The van der Waals surface area contributed by atoms with Crippen LogP contribution in [0.4, 0.5) is 5.69 Å². The number of rotatable bonds is 0.